The zero-order chi connectivity index (χ0) is 19.4. The first-order chi connectivity index (χ1) is 13.0. The van der Waals surface area contributed by atoms with E-state index < -0.39 is 0 Å². The molecule has 0 unspecified atom stereocenters. The molecule has 0 radical (unpaired) electrons. The Hall–Kier alpha value is -2.57. The summed E-state index contributed by atoms with van der Waals surface area (Å²) >= 11 is 11.2. The highest BCUT2D eigenvalue weighted by molar-refractivity contribution is 7.80. The minimum atomic E-state index is -0.360. The summed E-state index contributed by atoms with van der Waals surface area (Å²) in [6.45, 7) is 4.38. The van der Waals surface area contributed by atoms with Crippen LogP contribution in [0.4, 0.5) is 5.69 Å². The second-order valence-electron chi connectivity index (χ2n) is 6.03. The molecule has 27 heavy (non-hydrogen) atoms. The molecule has 1 heterocycles. The van der Waals surface area contributed by atoms with Crippen molar-refractivity contribution in [3.8, 4) is 5.75 Å². The molecular formula is C20H20ClN3O2S. The van der Waals surface area contributed by atoms with Gasteiger partial charge in [0.2, 0.25) is 0 Å². The molecule has 0 aromatic heterocycles. The number of hydrogen-bond acceptors (Lipinski definition) is 3. The summed E-state index contributed by atoms with van der Waals surface area (Å²) < 4.78 is 5.49. The quantitative estimate of drug-likeness (QED) is 0.656. The Kier molecular flexibility index (Phi) is 5.98. The molecule has 1 amide bonds. The number of allylic oxidation sites excluding steroid dienone is 1. The first-order valence-electron chi connectivity index (χ1n) is 8.56. The second kappa shape index (κ2) is 8.41. The Morgan fingerprint density at radius 3 is 2.48 bits per heavy atom. The molecule has 1 atom stereocenters. The van der Waals surface area contributed by atoms with Crippen molar-refractivity contribution >= 4 is 40.5 Å². The third kappa shape index (κ3) is 4.59. The number of carbonyl (C=O) groups is 1. The summed E-state index contributed by atoms with van der Waals surface area (Å²) in [5.74, 6) is 0.571. The predicted octanol–water partition coefficient (Wildman–Crippen LogP) is 4.17. The van der Waals surface area contributed by atoms with Crippen LogP contribution in [0.2, 0.25) is 5.02 Å². The molecule has 0 spiro atoms. The fourth-order valence-electron chi connectivity index (χ4n) is 2.90. The Morgan fingerprint density at radius 2 is 1.85 bits per heavy atom. The van der Waals surface area contributed by atoms with Gasteiger partial charge in [-0.3, -0.25) is 4.79 Å². The van der Waals surface area contributed by atoms with Gasteiger partial charge in [-0.2, -0.15) is 0 Å². The lowest BCUT2D eigenvalue weighted by Crippen LogP contribution is -2.45. The molecule has 0 aliphatic carbocycles. The average molecular weight is 402 g/mol. The third-order valence-electron chi connectivity index (χ3n) is 4.14. The number of thiocarbonyl (C=S) groups is 1. The molecule has 2 aromatic rings. The molecule has 0 bridgehead atoms. The Labute approximate surface area is 168 Å². The van der Waals surface area contributed by atoms with Gasteiger partial charge in [0, 0.05) is 16.4 Å². The molecule has 1 aliphatic rings. The molecule has 140 valence electrons. The average Bonchev–Trinajstić information content (AvgIpc) is 2.64. The van der Waals surface area contributed by atoms with Crippen molar-refractivity contribution in [1.29, 1.82) is 0 Å². The number of amides is 1. The Balaban J connectivity index is 1.89. The van der Waals surface area contributed by atoms with Gasteiger partial charge in [-0.15, -0.1) is 0 Å². The van der Waals surface area contributed by atoms with Crippen LogP contribution in [-0.4, -0.2) is 17.6 Å². The van der Waals surface area contributed by atoms with Gasteiger partial charge >= 0.3 is 0 Å². The van der Waals surface area contributed by atoms with Crippen LogP contribution in [0.15, 0.2) is 59.8 Å². The summed E-state index contributed by atoms with van der Waals surface area (Å²) in [4.78, 5) is 13.0. The van der Waals surface area contributed by atoms with Crippen LogP contribution >= 0.6 is 23.8 Å². The van der Waals surface area contributed by atoms with E-state index in [1.165, 1.54) is 0 Å². The van der Waals surface area contributed by atoms with Gasteiger partial charge in [-0.25, -0.2) is 0 Å². The zero-order valence-electron chi connectivity index (χ0n) is 15.0. The van der Waals surface area contributed by atoms with E-state index >= 15 is 0 Å². The van der Waals surface area contributed by atoms with Gasteiger partial charge in [0.25, 0.3) is 5.91 Å². The van der Waals surface area contributed by atoms with Gasteiger partial charge in [0.05, 0.1) is 18.2 Å². The van der Waals surface area contributed by atoms with Crippen molar-refractivity contribution in [2.45, 2.75) is 19.9 Å². The number of nitrogens with one attached hydrogen (secondary N) is 3. The number of ether oxygens (including phenoxy) is 1. The van der Waals surface area contributed by atoms with E-state index in [9.17, 15) is 4.79 Å². The van der Waals surface area contributed by atoms with Crippen molar-refractivity contribution in [1.82, 2.24) is 10.6 Å². The molecule has 3 rings (SSSR count). The van der Waals surface area contributed by atoms with E-state index in [1.54, 1.807) is 24.3 Å². The van der Waals surface area contributed by atoms with Gasteiger partial charge in [0.15, 0.2) is 5.11 Å². The topological polar surface area (TPSA) is 62.4 Å². The van der Waals surface area contributed by atoms with E-state index in [-0.39, 0.29) is 11.9 Å². The van der Waals surface area contributed by atoms with E-state index in [0.717, 1.165) is 11.3 Å². The summed E-state index contributed by atoms with van der Waals surface area (Å²) in [6, 6.07) is 14.3. The molecule has 5 nitrogen and oxygen atoms in total. The summed E-state index contributed by atoms with van der Waals surface area (Å²) in [7, 11) is 0. The molecule has 0 saturated carbocycles. The van der Waals surface area contributed by atoms with E-state index in [0.29, 0.717) is 33.7 Å². The summed E-state index contributed by atoms with van der Waals surface area (Å²) in [5.41, 5.74) is 2.87. The first kappa shape index (κ1) is 19.2. The monoisotopic (exact) mass is 401 g/mol. The highest BCUT2D eigenvalue weighted by atomic mass is 35.5. The van der Waals surface area contributed by atoms with Crippen molar-refractivity contribution in [2.24, 2.45) is 0 Å². The van der Waals surface area contributed by atoms with Crippen LogP contribution in [-0.2, 0) is 4.79 Å². The van der Waals surface area contributed by atoms with Crippen molar-refractivity contribution in [2.75, 3.05) is 11.9 Å². The highest BCUT2D eigenvalue weighted by Gasteiger charge is 2.29. The lowest BCUT2D eigenvalue weighted by Gasteiger charge is -2.30. The molecule has 2 aromatic carbocycles. The molecule has 7 heteroatoms. The number of benzene rings is 2. The number of carbonyl (C=O) groups excluding carboxylic acids is 1. The van der Waals surface area contributed by atoms with Gasteiger partial charge < -0.3 is 20.7 Å². The predicted molar refractivity (Wildman–Crippen MR) is 112 cm³/mol. The van der Waals surface area contributed by atoms with Crippen LogP contribution in [0.5, 0.6) is 5.75 Å². The Morgan fingerprint density at radius 1 is 1.19 bits per heavy atom. The van der Waals surface area contributed by atoms with Crippen molar-refractivity contribution < 1.29 is 9.53 Å². The molecular weight excluding hydrogens is 382 g/mol. The van der Waals surface area contributed by atoms with Crippen LogP contribution in [0.25, 0.3) is 0 Å². The number of hydrogen-bond donors (Lipinski definition) is 3. The fraction of sp³-hybridized carbons (Fsp3) is 0.200. The van der Waals surface area contributed by atoms with Crippen LogP contribution < -0.4 is 20.7 Å². The maximum absolute atomic E-state index is 13.0. The Bertz CT molecular complexity index is 879. The second-order valence-corrected chi connectivity index (χ2v) is 6.88. The van der Waals surface area contributed by atoms with E-state index in [4.69, 9.17) is 28.6 Å². The van der Waals surface area contributed by atoms with Gasteiger partial charge in [0.1, 0.15) is 5.75 Å². The maximum atomic E-state index is 13.0. The van der Waals surface area contributed by atoms with Crippen molar-refractivity contribution in [3.63, 3.8) is 0 Å². The summed E-state index contributed by atoms with van der Waals surface area (Å²) in [6.07, 6.45) is 0. The highest BCUT2D eigenvalue weighted by Crippen LogP contribution is 2.29. The van der Waals surface area contributed by atoms with Crippen LogP contribution in [0, 0.1) is 0 Å². The third-order valence-corrected chi connectivity index (χ3v) is 4.61. The fourth-order valence-corrected chi connectivity index (χ4v) is 3.30. The molecule has 3 N–H and O–H groups in total. The smallest absolute Gasteiger partial charge is 0.255 e. The van der Waals surface area contributed by atoms with E-state index in [2.05, 4.69) is 16.0 Å². The first-order valence-corrected chi connectivity index (χ1v) is 9.34. The van der Waals surface area contributed by atoms with Gasteiger partial charge in [-0.05, 0) is 68.0 Å². The largest absolute Gasteiger partial charge is 0.494 e. The SMILES string of the molecule is CCOc1ccc([C@H]2NC(=S)NC(C)=C2C(=O)Nc2ccc(Cl)cc2)cc1. The van der Waals surface area contributed by atoms with Gasteiger partial charge in [-0.1, -0.05) is 23.7 Å². The normalized spacial score (nSPS) is 16.4. The minimum Gasteiger partial charge on any atom is -0.494 e. The number of anilines is 1. The molecule has 1 aliphatic heterocycles. The van der Waals surface area contributed by atoms with Crippen molar-refractivity contribution in [3.05, 3.63) is 70.4 Å². The molecule has 0 saturated heterocycles. The number of rotatable bonds is 5. The standard InChI is InChI=1S/C20H20ClN3O2S/c1-3-26-16-10-4-13(5-11-16)18-17(12(2)22-20(27)24-18)19(25)23-15-8-6-14(21)7-9-15/h4-11,18H,3H2,1-2H3,(H,23,25)(H2,22,24,27)/t18-/m1/s1. The van der Waals surface area contributed by atoms with E-state index in [1.807, 2.05) is 38.1 Å². The van der Waals surface area contributed by atoms with Crippen LogP contribution in [0.1, 0.15) is 25.5 Å². The number of halogens is 1. The zero-order valence-corrected chi connectivity index (χ0v) is 16.6. The molecule has 0 fully saturated rings. The van der Waals surface area contributed by atoms with Crippen LogP contribution in [0.3, 0.4) is 0 Å². The summed E-state index contributed by atoms with van der Waals surface area (Å²) in [5, 5.41) is 10.2. The lowest BCUT2D eigenvalue weighted by atomic mass is 9.95. The maximum Gasteiger partial charge on any atom is 0.255 e. The minimum absolute atomic E-state index is 0.212. The lowest BCUT2D eigenvalue weighted by molar-refractivity contribution is -0.113.